The van der Waals surface area contributed by atoms with Crippen molar-refractivity contribution < 1.29 is 19.1 Å². The van der Waals surface area contributed by atoms with Crippen molar-refractivity contribution in [3.63, 3.8) is 0 Å². The van der Waals surface area contributed by atoms with E-state index in [-0.39, 0.29) is 11.4 Å². The molecule has 0 spiro atoms. The molecule has 8 heteroatoms. The number of carbonyl (C=O) groups is 2. The van der Waals surface area contributed by atoms with Crippen LogP contribution < -0.4 is 10.1 Å². The first-order valence-electron chi connectivity index (χ1n) is 8.72. The first-order chi connectivity index (χ1) is 14.1. The average molecular weight is 390 g/mol. The highest BCUT2D eigenvalue weighted by molar-refractivity contribution is 5.95. The fourth-order valence-electron chi connectivity index (χ4n) is 2.56. The molecule has 1 N–H and O–H groups in total. The van der Waals surface area contributed by atoms with Crippen molar-refractivity contribution in [3.8, 4) is 17.5 Å². The van der Waals surface area contributed by atoms with E-state index in [0.29, 0.717) is 12.1 Å². The molecule has 0 atom stereocenters. The van der Waals surface area contributed by atoms with Gasteiger partial charge in [0.1, 0.15) is 0 Å². The summed E-state index contributed by atoms with van der Waals surface area (Å²) in [6.45, 7) is -0.472. The highest BCUT2D eigenvalue weighted by atomic mass is 16.5. The van der Waals surface area contributed by atoms with E-state index in [4.69, 9.17) is 14.7 Å². The lowest BCUT2D eigenvalue weighted by atomic mass is 10.1. The van der Waals surface area contributed by atoms with Gasteiger partial charge in [0.25, 0.3) is 5.91 Å². The van der Waals surface area contributed by atoms with Gasteiger partial charge in [0.2, 0.25) is 5.69 Å². The topological polar surface area (TPSA) is 106 Å². The maximum absolute atomic E-state index is 12.4. The van der Waals surface area contributed by atoms with Crippen LogP contribution in [0.3, 0.4) is 0 Å². The third kappa shape index (κ3) is 4.99. The van der Waals surface area contributed by atoms with Gasteiger partial charge in [0.05, 0.1) is 31.5 Å². The molecule has 2 aromatic carbocycles. The zero-order valence-corrected chi connectivity index (χ0v) is 15.7. The number of nitriles is 1. The molecule has 0 saturated carbocycles. The molecule has 0 aliphatic carbocycles. The van der Waals surface area contributed by atoms with Gasteiger partial charge in [-0.2, -0.15) is 10.4 Å². The Kier molecular flexibility index (Phi) is 6.22. The number of hydrogen-bond acceptors (Lipinski definition) is 6. The second kappa shape index (κ2) is 9.19. The zero-order chi connectivity index (χ0) is 20.6. The fraction of sp³-hybridized carbons (Fsp3) is 0.143. The van der Waals surface area contributed by atoms with Gasteiger partial charge in [0, 0.05) is 5.69 Å². The Bertz CT molecular complexity index is 1040. The molecule has 0 aliphatic heterocycles. The lowest BCUT2D eigenvalue weighted by Gasteiger charge is -2.07. The number of hydrogen-bond donors (Lipinski definition) is 1. The van der Waals surface area contributed by atoms with E-state index in [1.54, 1.807) is 30.5 Å². The number of rotatable bonds is 7. The van der Waals surface area contributed by atoms with Crippen molar-refractivity contribution in [3.05, 3.63) is 72.1 Å². The van der Waals surface area contributed by atoms with Gasteiger partial charge in [-0.15, -0.1) is 0 Å². The lowest BCUT2D eigenvalue weighted by molar-refractivity contribution is -0.119. The minimum atomic E-state index is -0.768. The summed E-state index contributed by atoms with van der Waals surface area (Å²) >= 11 is 0. The molecule has 0 aliphatic rings. The molecule has 146 valence electrons. The van der Waals surface area contributed by atoms with Gasteiger partial charge in [-0.05, 0) is 29.8 Å². The van der Waals surface area contributed by atoms with Gasteiger partial charge < -0.3 is 14.8 Å². The number of para-hydroxylation sites is 1. The van der Waals surface area contributed by atoms with Crippen molar-refractivity contribution >= 4 is 17.6 Å². The predicted molar refractivity (Wildman–Crippen MR) is 105 cm³/mol. The molecule has 0 radical (unpaired) electrons. The maximum Gasteiger partial charge on any atom is 0.363 e. The van der Waals surface area contributed by atoms with E-state index in [9.17, 15) is 9.59 Å². The second-order valence-corrected chi connectivity index (χ2v) is 5.98. The van der Waals surface area contributed by atoms with Gasteiger partial charge in [-0.3, -0.25) is 4.79 Å². The average Bonchev–Trinajstić information content (AvgIpc) is 3.19. The van der Waals surface area contributed by atoms with Crippen LogP contribution in [0.1, 0.15) is 16.1 Å². The molecule has 0 bridgehead atoms. The Morgan fingerprint density at radius 1 is 1.14 bits per heavy atom. The Balaban J connectivity index is 1.61. The third-order valence-electron chi connectivity index (χ3n) is 3.97. The number of amides is 1. The van der Waals surface area contributed by atoms with E-state index in [1.807, 2.05) is 30.3 Å². The number of esters is 1. The van der Waals surface area contributed by atoms with Gasteiger partial charge >= 0.3 is 5.97 Å². The van der Waals surface area contributed by atoms with E-state index < -0.39 is 18.5 Å². The quantitative estimate of drug-likeness (QED) is 0.622. The van der Waals surface area contributed by atoms with Crippen molar-refractivity contribution in [1.82, 2.24) is 9.78 Å². The number of anilines is 1. The van der Waals surface area contributed by atoms with Crippen LogP contribution in [0.2, 0.25) is 0 Å². The molecule has 1 aromatic heterocycles. The van der Waals surface area contributed by atoms with Crippen molar-refractivity contribution in [1.29, 1.82) is 5.26 Å². The summed E-state index contributed by atoms with van der Waals surface area (Å²) in [7, 11) is 1.42. The van der Waals surface area contributed by atoms with Crippen LogP contribution >= 0.6 is 0 Å². The molecule has 3 aromatic rings. The molecule has 0 saturated heterocycles. The first-order valence-corrected chi connectivity index (χ1v) is 8.72. The van der Waals surface area contributed by atoms with Crippen LogP contribution in [0.5, 0.6) is 5.75 Å². The largest absolute Gasteiger partial charge is 0.493 e. The van der Waals surface area contributed by atoms with Crippen molar-refractivity contribution in [2.75, 3.05) is 19.0 Å². The van der Waals surface area contributed by atoms with Crippen LogP contribution in [0.4, 0.5) is 5.69 Å². The van der Waals surface area contributed by atoms with Gasteiger partial charge in [0.15, 0.2) is 12.4 Å². The molecule has 3 rings (SSSR count). The second-order valence-electron chi connectivity index (χ2n) is 5.98. The van der Waals surface area contributed by atoms with Crippen molar-refractivity contribution in [2.24, 2.45) is 0 Å². The molecule has 1 amide bonds. The van der Waals surface area contributed by atoms with Crippen LogP contribution in [0, 0.1) is 11.3 Å². The Morgan fingerprint density at radius 2 is 1.86 bits per heavy atom. The first kappa shape index (κ1) is 19.6. The van der Waals surface area contributed by atoms with Crippen LogP contribution in [-0.4, -0.2) is 35.4 Å². The predicted octanol–water partition coefficient (Wildman–Crippen LogP) is 2.74. The highest BCUT2D eigenvalue weighted by Crippen LogP contribution is 2.20. The van der Waals surface area contributed by atoms with E-state index in [1.165, 1.54) is 11.8 Å². The number of benzene rings is 2. The Labute approximate surface area is 167 Å². The number of ether oxygens (including phenoxy) is 2. The third-order valence-corrected chi connectivity index (χ3v) is 3.97. The lowest BCUT2D eigenvalue weighted by Crippen LogP contribution is -2.21. The maximum atomic E-state index is 12.4. The van der Waals surface area contributed by atoms with Gasteiger partial charge in [-0.25, -0.2) is 9.48 Å². The summed E-state index contributed by atoms with van der Waals surface area (Å²) in [5.74, 6) is -1.02. The zero-order valence-electron chi connectivity index (χ0n) is 15.7. The molecule has 0 fully saturated rings. The standard InChI is InChI=1S/C21H18N4O4/c1-28-18-13-25(17-5-3-2-4-6-17)24-20(18)21(27)29-14-19(26)23-16-9-7-15(8-10-16)11-12-22/h2-10,13H,11,14H2,1H3,(H,23,26). The summed E-state index contributed by atoms with van der Waals surface area (Å²) in [6, 6.07) is 18.1. The van der Waals surface area contributed by atoms with E-state index >= 15 is 0 Å². The number of aromatic nitrogens is 2. The summed E-state index contributed by atoms with van der Waals surface area (Å²) in [5, 5.41) is 15.5. The summed E-state index contributed by atoms with van der Waals surface area (Å²) in [4.78, 5) is 24.4. The Morgan fingerprint density at radius 3 is 2.52 bits per heavy atom. The monoisotopic (exact) mass is 390 g/mol. The van der Waals surface area contributed by atoms with Crippen LogP contribution in [0.25, 0.3) is 5.69 Å². The minimum Gasteiger partial charge on any atom is -0.493 e. The summed E-state index contributed by atoms with van der Waals surface area (Å²) in [5.41, 5.74) is 2.11. The fourth-order valence-corrected chi connectivity index (χ4v) is 2.56. The van der Waals surface area contributed by atoms with Gasteiger partial charge in [-0.1, -0.05) is 30.3 Å². The van der Waals surface area contributed by atoms with Crippen LogP contribution in [-0.2, 0) is 16.0 Å². The van der Waals surface area contributed by atoms with Crippen LogP contribution in [0.15, 0.2) is 60.8 Å². The van der Waals surface area contributed by atoms with E-state index in [2.05, 4.69) is 16.5 Å². The summed E-state index contributed by atoms with van der Waals surface area (Å²) < 4.78 is 11.8. The Hall–Kier alpha value is -4.12. The minimum absolute atomic E-state index is 0.0231. The number of nitrogens with zero attached hydrogens (tertiary/aromatic N) is 3. The van der Waals surface area contributed by atoms with Crippen molar-refractivity contribution in [2.45, 2.75) is 6.42 Å². The molecular weight excluding hydrogens is 372 g/mol. The normalized spacial score (nSPS) is 10.1. The van der Waals surface area contributed by atoms with E-state index in [0.717, 1.165) is 11.3 Å². The highest BCUT2D eigenvalue weighted by Gasteiger charge is 2.21. The molecule has 8 nitrogen and oxygen atoms in total. The number of methoxy groups -OCH3 is 1. The molecule has 0 unspecified atom stereocenters. The molecule has 1 heterocycles. The smallest absolute Gasteiger partial charge is 0.363 e. The summed E-state index contributed by atoms with van der Waals surface area (Å²) in [6.07, 6.45) is 1.86. The SMILES string of the molecule is COc1cn(-c2ccccc2)nc1C(=O)OCC(=O)Nc1ccc(CC#N)cc1. The molecule has 29 heavy (non-hydrogen) atoms. The molecular formula is C21H18N4O4. The number of nitrogens with one attached hydrogen (secondary N) is 1. The number of carbonyl (C=O) groups excluding carboxylic acids is 2.